The summed E-state index contributed by atoms with van der Waals surface area (Å²) >= 11 is 0. The van der Waals surface area contributed by atoms with Crippen LogP contribution in [0.4, 0.5) is 0 Å². The molecule has 0 aromatic carbocycles. The number of carbonyl (C=O) groups is 2. The molecule has 0 aromatic heterocycles. The molecule has 1 N–H and O–H groups in total. The van der Waals surface area contributed by atoms with Gasteiger partial charge in [0, 0.05) is 32.0 Å². The zero-order valence-corrected chi connectivity index (χ0v) is 9.16. The molecule has 2 rings (SSSR count). The van der Waals surface area contributed by atoms with Crippen molar-refractivity contribution in [2.75, 3.05) is 13.1 Å². The molecule has 4 heteroatoms. The molecule has 2 fully saturated rings. The van der Waals surface area contributed by atoms with Crippen molar-refractivity contribution in [3.05, 3.63) is 0 Å². The monoisotopic (exact) mass is 210 g/mol. The highest BCUT2D eigenvalue weighted by molar-refractivity contribution is 5.81. The van der Waals surface area contributed by atoms with Crippen LogP contribution in [0.2, 0.25) is 0 Å². The maximum atomic E-state index is 11.8. The molecule has 0 spiro atoms. The van der Waals surface area contributed by atoms with Gasteiger partial charge in [0.15, 0.2) is 0 Å². The lowest BCUT2D eigenvalue weighted by Crippen LogP contribution is -2.49. The zero-order valence-electron chi connectivity index (χ0n) is 9.16. The van der Waals surface area contributed by atoms with Gasteiger partial charge in [0.05, 0.1) is 0 Å². The van der Waals surface area contributed by atoms with E-state index in [9.17, 15) is 9.59 Å². The quantitative estimate of drug-likeness (QED) is 0.722. The van der Waals surface area contributed by atoms with E-state index in [4.69, 9.17) is 0 Å². The third-order valence-corrected chi connectivity index (χ3v) is 3.07. The summed E-state index contributed by atoms with van der Waals surface area (Å²) in [5, 5.41) is 2.89. The van der Waals surface area contributed by atoms with Crippen molar-refractivity contribution < 1.29 is 9.59 Å². The van der Waals surface area contributed by atoms with Gasteiger partial charge in [-0.15, -0.1) is 0 Å². The Kier molecular flexibility index (Phi) is 2.93. The fraction of sp³-hybridized carbons (Fsp3) is 0.818. The Morgan fingerprint density at radius 2 is 2.00 bits per heavy atom. The third-order valence-electron chi connectivity index (χ3n) is 3.07. The van der Waals surface area contributed by atoms with Gasteiger partial charge >= 0.3 is 0 Å². The van der Waals surface area contributed by atoms with Crippen molar-refractivity contribution in [1.82, 2.24) is 10.2 Å². The second kappa shape index (κ2) is 4.21. The maximum Gasteiger partial charge on any atom is 0.225 e. The summed E-state index contributed by atoms with van der Waals surface area (Å²) in [6, 6.07) is 0.166. The summed E-state index contributed by atoms with van der Waals surface area (Å²) in [5.41, 5.74) is 0. The normalized spacial score (nSPS) is 26.2. The van der Waals surface area contributed by atoms with E-state index < -0.39 is 0 Å². The van der Waals surface area contributed by atoms with Crippen molar-refractivity contribution in [2.45, 2.75) is 38.6 Å². The predicted octanol–water partition coefficient (Wildman–Crippen LogP) is 0.524. The number of carbonyl (C=O) groups excluding carboxylic acids is 2. The van der Waals surface area contributed by atoms with Crippen molar-refractivity contribution in [1.29, 1.82) is 0 Å². The van der Waals surface area contributed by atoms with E-state index >= 15 is 0 Å². The topological polar surface area (TPSA) is 49.4 Å². The number of hydrogen-bond acceptors (Lipinski definition) is 2. The van der Waals surface area contributed by atoms with Crippen LogP contribution in [0.15, 0.2) is 0 Å². The van der Waals surface area contributed by atoms with Gasteiger partial charge < -0.3 is 10.2 Å². The van der Waals surface area contributed by atoms with Crippen LogP contribution in [0.5, 0.6) is 0 Å². The molecule has 0 bridgehead atoms. The molecule has 1 saturated carbocycles. The Labute approximate surface area is 90.0 Å². The van der Waals surface area contributed by atoms with E-state index in [0.29, 0.717) is 18.4 Å². The minimum absolute atomic E-state index is 0.000668. The zero-order chi connectivity index (χ0) is 10.8. The number of nitrogens with zero attached hydrogens (tertiary/aromatic N) is 1. The smallest absolute Gasteiger partial charge is 0.225 e. The van der Waals surface area contributed by atoms with Crippen LogP contribution in [0.1, 0.15) is 32.6 Å². The predicted molar refractivity (Wildman–Crippen MR) is 56.1 cm³/mol. The van der Waals surface area contributed by atoms with Gasteiger partial charge in [-0.1, -0.05) is 0 Å². The summed E-state index contributed by atoms with van der Waals surface area (Å²) in [6.07, 6.45) is 4.11. The SMILES string of the molecule is CC(=O)NC1CCCN(C(=O)C2CC2)C1. The number of piperidine rings is 1. The van der Waals surface area contributed by atoms with Gasteiger partial charge in [-0.05, 0) is 25.7 Å². The van der Waals surface area contributed by atoms with Gasteiger partial charge in [0.25, 0.3) is 0 Å². The average molecular weight is 210 g/mol. The van der Waals surface area contributed by atoms with Crippen LogP contribution in [-0.4, -0.2) is 35.8 Å². The summed E-state index contributed by atoms with van der Waals surface area (Å²) in [6.45, 7) is 3.10. The van der Waals surface area contributed by atoms with Gasteiger partial charge in [0.2, 0.25) is 11.8 Å². The Bertz CT molecular complexity index is 274. The third kappa shape index (κ3) is 2.70. The van der Waals surface area contributed by atoms with E-state index in [2.05, 4.69) is 5.32 Å². The standard InChI is InChI=1S/C11H18N2O2/c1-8(14)12-10-3-2-6-13(7-10)11(15)9-4-5-9/h9-10H,2-7H2,1H3,(H,12,14). The molecule has 0 radical (unpaired) electrons. The minimum Gasteiger partial charge on any atom is -0.352 e. The van der Waals surface area contributed by atoms with Crippen LogP contribution >= 0.6 is 0 Å². The number of hydrogen-bond donors (Lipinski definition) is 1. The van der Waals surface area contributed by atoms with Crippen molar-refractivity contribution in [2.24, 2.45) is 5.92 Å². The van der Waals surface area contributed by atoms with E-state index in [0.717, 1.165) is 32.2 Å². The summed E-state index contributed by atoms with van der Waals surface area (Å²) in [7, 11) is 0. The lowest BCUT2D eigenvalue weighted by molar-refractivity contribution is -0.134. The second-order valence-electron chi connectivity index (χ2n) is 4.60. The van der Waals surface area contributed by atoms with Crippen molar-refractivity contribution >= 4 is 11.8 Å². The molecular formula is C11H18N2O2. The number of likely N-dealkylation sites (tertiary alicyclic amines) is 1. The van der Waals surface area contributed by atoms with E-state index in [1.165, 1.54) is 6.92 Å². The second-order valence-corrected chi connectivity index (χ2v) is 4.60. The molecular weight excluding hydrogens is 192 g/mol. The van der Waals surface area contributed by atoms with Crippen molar-refractivity contribution in [3.8, 4) is 0 Å². The van der Waals surface area contributed by atoms with Gasteiger partial charge in [-0.2, -0.15) is 0 Å². The summed E-state index contributed by atoms with van der Waals surface area (Å²) in [5.74, 6) is 0.590. The Hall–Kier alpha value is -1.06. The van der Waals surface area contributed by atoms with E-state index in [1.54, 1.807) is 0 Å². The Morgan fingerprint density at radius 3 is 2.60 bits per heavy atom. The first-order valence-corrected chi connectivity index (χ1v) is 5.72. The number of amides is 2. The molecule has 1 saturated heterocycles. The highest BCUT2D eigenvalue weighted by Crippen LogP contribution is 2.31. The van der Waals surface area contributed by atoms with Gasteiger partial charge in [0.1, 0.15) is 0 Å². The molecule has 0 aromatic rings. The molecule has 1 aliphatic heterocycles. The molecule has 1 atom stereocenters. The molecule has 15 heavy (non-hydrogen) atoms. The molecule has 4 nitrogen and oxygen atoms in total. The van der Waals surface area contributed by atoms with Gasteiger partial charge in [-0.3, -0.25) is 9.59 Å². The minimum atomic E-state index is 0.000668. The highest BCUT2D eigenvalue weighted by atomic mass is 16.2. The molecule has 1 unspecified atom stereocenters. The van der Waals surface area contributed by atoms with Crippen LogP contribution in [-0.2, 0) is 9.59 Å². The molecule has 1 heterocycles. The largest absolute Gasteiger partial charge is 0.352 e. The van der Waals surface area contributed by atoms with Crippen molar-refractivity contribution in [3.63, 3.8) is 0 Å². The van der Waals surface area contributed by atoms with Crippen LogP contribution in [0.25, 0.3) is 0 Å². The Balaban J connectivity index is 1.85. The fourth-order valence-electron chi connectivity index (χ4n) is 2.17. The first kappa shape index (κ1) is 10.5. The number of rotatable bonds is 2. The van der Waals surface area contributed by atoms with Crippen LogP contribution in [0.3, 0.4) is 0 Å². The molecule has 2 aliphatic rings. The maximum absolute atomic E-state index is 11.8. The lowest BCUT2D eigenvalue weighted by atomic mass is 10.1. The first-order valence-electron chi connectivity index (χ1n) is 5.72. The fourth-order valence-corrected chi connectivity index (χ4v) is 2.17. The molecule has 2 amide bonds. The van der Waals surface area contributed by atoms with Crippen LogP contribution < -0.4 is 5.32 Å². The number of nitrogens with one attached hydrogen (secondary N) is 1. The van der Waals surface area contributed by atoms with E-state index in [1.807, 2.05) is 4.90 Å². The highest BCUT2D eigenvalue weighted by Gasteiger charge is 2.35. The molecule has 84 valence electrons. The molecule has 1 aliphatic carbocycles. The summed E-state index contributed by atoms with van der Waals surface area (Å²) in [4.78, 5) is 24.6. The lowest BCUT2D eigenvalue weighted by Gasteiger charge is -2.33. The van der Waals surface area contributed by atoms with Gasteiger partial charge in [-0.25, -0.2) is 0 Å². The van der Waals surface area contributed by atoms with E-state index in [-0.39, 0.29) is 11.9 Å². The Morgan fingerprint density at radius 1 is 1.27 bits per heavy atom. The van der Waals surface area contributed by atoms with Crippen LogP contribution in [0, 0.1) is 5.92 Å². The average Bonchev–Trinajstić information content (AvgIpc) is 2.99. The first-order chi connectivity index (χ1) is 7.16. The summed E-state index contributed by atoms with van der Waals surface area (Å²) < 4.78 is 0.